The molecular formula is C19H16N2O6S. The average Bonchev–Trinajstić information content (AvgIpc) is 2.95. The second-order valence-corrected chi connectivity index (χ2v) is 7.20. The van der Waals surface area contributed by atoms with Crippen molar-refractivity contribution in [3.05, 3.63) is 54.1 Å². The van der Waals surface area contributed by atoms with E-state index in [-0.39, 0.29) is 23.4 Å². The minimum Gasteiger partial charge on any atom is -0.508 e. The number of nitrogens with zero attached hydrogens (tertiary/aromatic N) is 2. The van der Waals surface area contributed by atoms with E-state index in [1.165, 1.54) is 48.3 Å². The third kappa shape index (κ3) is 3.70. The van der Waals surface area contributed by atoms with Crippen molar-refractivity contribution in [3.8, 4) is 5.75 Å². The Hall–Kier alpha value is -3.33. The lowest BCUT2D eigenvalue weighted by molar-refractivity contribution is -0.122. The maximum absolute atomic E-state index is 12.6. The molecule has 1 atom stereocenters. The van der Waals surface area contributed by atoms with Gasteiger partial charge in [0.05, 0.1) is 16.9 Å². The maximum atomic E-state index is 12.6. The normalized spacial score (nSPS) is 16.3. The average molecular weight is 400 g/mol. The second kappa shape index (κ2) is 7.73. The van der Waals surface area contributed by atoms with E-state index < -0.39 is 28.3 Å². The number of phenols is 1. The molecule has 1 unspecified atom stereocenters. The van der Waals surface area contributed by atoms with E-state index in [9.17, 15) is 29.4 Å². The number of carbonyl (C=O) groups excluding carboxylic acids is 3. The molecule has 2 aromatic carbocycles. The number of phenolic OH excluding ortho intramolecular Hbond substituents is 1. The van der Waals surface area contributed by atoms with Crippen LogP contribution in [0.5, 0.6) is 5.75 Å². The van der Waals surface area contributed by atoms with Crippen molar-refractivity contribution in [1.29, 1.82) is 0 Å². The van der Waals surface area contributed by atoms with Crippen molar-refractivity contribution >= 4 is 46.2 Å². The van der Waals surface area contributed by atoms with Crippen LogP contribution in [0.15, 0.2) is 48.5 Å². The Morgan fingerprint density at radius 1 is 1.11 bits per heavy atom. The van der Waals surface area contributed by atoms with Crippen LogP contribution in [-0.4, -0.2) is 45.5 Å². The van der Waals surface area contributed by atoms with Gasteiger partial charge in [-0.2, -0.15) is 0 Å². The Kier molecular flexibility index (Phi) is 5.36. The number of hydrogen-bond donors (Lipinski definition) is 2. The Morgan fingerprint density at radius 2 is 1.75 bits per heavy atom. The Morgan fingerprint density at radius 3 is 2.39 bits per heavy atom. The van der Waals surface area contributed by atoms with Gasteiger partial charge in [-0.1, -0.05) is 12.1 Å². The zero-order valence-electron chi connectivity index (χ0n) is 14.7. The lowest BCUT2D eigenvalue weighted by Gasteiger charge is -2.20. The van der Waals surface area contributed by atoms with Crippen LogP contribution in [-0.2, 0) is 9.59 Å². The number of aromatic hydroxyl groups is 1. The molecule has 9 heteroatoms. The monoisotopic (exact) mass is 400 g/mol. The van der Waals surface area contributed by atoms with Crippen molar-refractivity contribution in [3.63, 3.8) is 0 Å². The number of benzene rings is 2. The molecule has 2 aromatic rings. The summed E-state index contributed by atoms with van der Waals surface area (Å²) >= 11 is 0.743. The molecule has 0 aliphatic carbocycles. The van der Waals surface area contributed by atoms with Gasteiger partial charge in [0.25, 0.3) is 5.24 Å². The van der Waals surface area contributed by atoms with Crippen molar-refractivity contribution < 1.29 is 29.4 Å². The fourth-order valence-corrected chi connectivity index (χ4v) is 3.78. The number of para-hydroxylation sites is 1. The number of thioether (sulfide) groups is 1. The summed E-state index contributed by atoms with van der Waals surface area (Å²) in [6.07, 6.45) is -0.256. The van der Waals surface area contributed by atoms with Gasteiger partial charge >= 0.3 is 5.97 Å². The molecule has 0 spiro atoms. The van der Waals surface area contributed by atoms with Crippen molar-refractivity contribution in [2.24, 2.45) is 0 Å². The van der Waals surface area contributed by atoms with Crippen LogP contribution in [0.25, 0.3) is 0 Å². The molecule has 0 radical (unpaired) electrons. The summed E-state index contributed by atoms with van der Waals surface area (Å²) in [5.74, 6) is -2.19. The third-order valence-corrected chi connectivity index (χ3v) is 5.30. The van der Waals surface area contributed by atoms with Gasteiger partial charge < -0.3 is 15.1 Å². The van der Waals surface area contributed by atoms with Crippen LogP contribution < -0.4 is 9.80 Å². The van der Waals surface area contributed by atoms with Gasteiger partial charge in [0, 0.05) is 13.5 Å². The molecule has 3 amide bonds. The van der Waals surface area contributed by atoms with Crippen LogP contribution in [0, 0.1) is 0 Å². The van der Waals surface area contributed by atoms with Crippen LogP contribution in [0.2, 0.25) is 0 Å². The third-order valence-electron chi connectivity index (χ3n) is 4.26. The number of anilines is 2. The highest BCUT2D eigenvalue weighted by Gasteiger charge is 2.42. The second-order valence-electron chi connectivity index (χ2n) is 6.04. The minimum atomic E-state index is -1.17. The van der Waals surface area contributed by atoms with Crippen molar-refractivity contribution in [1.82, 2.24) is 0 Å². The fraction of sp³-hybridized carbons (Fsp3) is 0.158. The summed E-state index contributed by atoms with van der Waals surface area (Å²) in [6, 6.07) is 11.6. The number of hydrogen-bond acceptors (Lipinski definition) is 6. The summed E-state index contributed by atoms with van der Waals surface area (Å²) in [6.45, 7) is 0. The predicted molar refractivity (Wildman–Crippen MR) is 104 cm³/mol. The number of carboxylic acid groups (broad SMARTS) is 1. The highest BCUT2D eigenvalue weighted by atomic mass is 32.2. The molecule has 8 nitrogen and oxygen atoms in total. The molecule has 0 aromatic heterocycles. The maximum Gasteiger partial charge on any atom is 0.337 e. The highest BCUT2D eigenvalue weighted by molar-refractivity contribution is 8.15. The largest absolute Gasteiger partial charge is 0.508 e. The first-order chi connectivity index (χ1) is 13.3. The molecule has 0 saturated carbocycles. The Bertz CT molecular complexity index is 959. The van der Waals surface area contributed by atoms with E-state index in [1.807, 2.05) is 0 Å². The number of imide groups is 1. The van der Waals surface area contributed by atoms with Gasteiger partial charge in [0.2, 0.25) is 11.8 Å². The summed E-state index contributed by atoms with van der Waals surface area (Å²) in [7, 11) is 1.42. The molecule has 144 valence electrons. The Balaban J connectivity index is 1.76. The number of rotatable bonds is 5. The first-order valence-electron chi connectivity index (χ1n) is 8.22. The molecular weight excluding hydrogens is 384 g/mol. The topological polar surface area (TPSA) is 115 Å². The fourth-order valence-electron chi connectivity index (χ4n) is 2.80. The van der Waals surface area contributed by atoms with E-state index in [1.54, 1.807) is 12.1 Å². The predicted octanol–water partition coefficient (Wildman–Crippen LogP) is 2.71. The van der Waals surface area contributed by atoms with E-state index in [0.717, 1.165) is 16.7 Å². The molecule has 28 heavy (non-hydrogen) atoms. The smallest absolute Gasteiger partial charge is 0.337 e. The molecule has 1 fully saturated rings. The first kappa shape index (κ1) is 19.4. The quantitative estimate of drug-likeness (QED) is 0.793. The SMILES string of the molecule is CN(C(=O)CC1SC(=O)N(c2ccc(O)cc2)C1=O)c1ccccc1C(=O)O. The van der Waals surface area contributed by atoms with E-state index in [0.29, 0.717) is 5.69 Å². The molecule has 2 N–H and O–H groups in total. The van der Waals surface area contributed by atoms with Gasteiger partial charge in [-0.05, 0) is 48.2 Å². The van der Waals surface area contributed by atoms with Crippen LogP contribution in [0.1, 0.15) is 16.8 Å². The van der Waals surface area contributed by atoms with Gasteiger partial charge in [-0.3, -0.25) is 14.4 Å². The van der Waals surface area contributed by atoms with Crippen molar-refractivity contribution in [2.45, 2.75) is 11.7 Å². The summed E-state index contributed by atoms with van der Waals surface area (Å²) in [4.78, 5) is 51.0. The van der Waals surface area contributed by atoms with E-state index >= 15 is 0 Å². The summed E-state index contributed by atoms with van der Waals surface area (Å²) in [5, 5.41) is 17.2. The molecule has 3 rings (SSSR count). The highest BCUT2D eigenvalue weighted by Crippen LogP contribution is 2.34. The van der Waals surface area contributed by atoms with Gasteiger partial charge in [0.15, 0.2) is 0 Å². The number of carboxylic acids is 1. The zero-order valence-corrected chi connectivity index (χ0v) is 15.5. The van der Waals surface area contributed by atoms with Crippen LogP contribution in [0.4, 0.5) is 16.2 Å². The molecule has 1 aliphatic rings. The minimum absolute atomic E-state index is 0.000876. The zero-order chi connectivity index (χ0) is 20.4. The molecule has 1 aliphatic heterocycles. The van der Waals surface area contributed by atoms with E-state index in [4.69, 9.17) is 0 Å². The lowest BCUT2D eigenvalue weighted by Crippen LogP contribution is -2.35. The van der Waals surface area contributed by atoms with Crippen molar-refractivity contribution in [2.75, 3.05) is 16.8 Å². The lowest BCUT2D eigenvalue weighted by atomic mass is 10.1. The summed E-state index contributed by atoms with van der Waals surface area (Å²) in [5.41, 5.74) is 0.475. The number of carbonyl (C=O) groups is 4. The standard InChI is InChI=1S/C19H16N2O6S/c1-20(14-5-3-2-4-13(14)18(25)26)16(23)10-15-17(24)21(19(27)28-15)11-6-8-12(22)9-7-11/h2-9,15,22H,10H2,1H3,(H,25,26). The molecule has 1 saturated heterocycles. The molecule has 0 bridgehead atoms. The van der Waals surface area contributed by atoms with E-state index in [2.05, 4.69) is 0 Å². The number of aromatic carboxylic acids is 1. The van der Waals surface area contributed by atoms with Gasteiger partial charge in [-0.15, -0.1) is 0 Å². The number of amides is 3. The van der Waals surface area contributed by atoms with Gasteiger partial charge in [0.1, 0.15) is 11.0 Å². The Labute approximate surface area is 164 Å². The summed E-state index contributed by atoms with van der Waals surface area (Å²) < 4.78 is 0. The van der Waals surface area contributed by atoms with Gasteiger partial charge in [-0.25, -0.2) is 9.69 Å². The first-order valence-corrected chi connectivity index (χ1v) is 9.10. The van der Waals surface area contributed by atoms with Crippen LogP contribution >= 0.6 is 11.8 Å². The molecule has 1 heterocycles. The van der Waals surface area contributed by atoms with Crippen LogP contribution in [0.3, 0.4) is 0 Å².